The molecule has 0 bridgehead atoms. The number of hydrogen-bond donors (Lipinski definition) is 0. The predicted octanol–water partition coefficient (Wildman–Crippen LogP) is 0.927. The smallest absolute Gasteiger partial charge is 0.248 e. The molecule has 0 spiro atoms. The highest BCUT2D eigenvalue weighted by molar-refractivity contribution is 6.32. The van der Waals surface area contributed by atoms with Crippen LogP contribution < -0.4 is 0 Å². The lowest BCUT2D eigenvalue weighted by atomic mass is 9.90. The summed E-state index contributed by atoms with van der Waals surface area (Å²) in [5, 5.41) is 0. The molecule has 1 radical (unpaired) electrons. The zero-order valence-corrected chi connectivity index (χ0v) is 6.13. The summed E-state index contributed by atoms with van der Waals surface area (Å²) in [5.41, 5.74) is 0. The molecule has 1 aliphatic rings. The molecule has 0 N–H and O–H groups in total. The maximum absolute atomic E-state index is 5.24. The second-order valence-electron chi connectivity index (χ2n) is 2.80. The fourth-order valence-electron chi connectivity index (χ4n) is 0.906. The van der Waals surface area contributed by atoms with Crippen molar-refractivity contribution < 1.29 is 4.84 Å². The van der Waals surface area contributed by atoms with Crippen LogP contribution in [0, 0.1) is 5.92 Å². The lowest BCUT2D eigenvalue weighted by Gasteiger charge is -2.15. The Labute approximate surface area is 57.4 Å². The second-order valence-corrected chi connectivity index (χ2v) is 2.80. The van der Waals surface area contributed by atoms with Crippen LogP contribution in [0.15, 0.2) is 0 Å². The first-order chi connectivity index (χ1) is 4.29. The average molecular weight is 126 g/mol. The predicted molar refractivity (Wildman–Crippen MR) is 38.1 cm³/mol. The summed E-state index contributed by atoms with van der Waals surface area (Å²) in [5.74, 6) is 0.694. The van der Waals surface area contributed by atoms with Crippen molar-refractivity contribution in [2.75, 3.05) is 13.2 Å². The van der Waals surface area contributed by atoms with E-state index in [1.807, 2.05) is 4.97 Å². The Morgan fingerprint density at radius 1 is 1.67 bits per heavy atom. The van der Waals surface area contributed by atoms with Gasteiger partial charge in [0.1, 0.15) is 0 Å². The molecule has 1 fully saturated rings. The molecule has 0 atom stereocenters. The third kappa shape index (κ3) is 2.37. The molecular formula is C6H13BNO. The van der Waals surface area contributed by atoms with Crippen LogP contribution in [0.4, 0.5) is 0 Å². The fourth-order valence-corrected chi connectivity index (χ4v) is 0.906. The van der Waals surface area contributed by atoms with Crippen LogP contribution >= 0.6 is 0 Å². The minimum Gasteiger partial charge on any atom is -0.312 e. The minimum atomic E-state index is 0.694. The Morgan fingerprint density at radius 2 is 2.44 bits per heavy atom. The normalized spacial score (nSPS) is 20.8. The van der Waals surface area contributed by atoms with Gasteiger partial charge in [-0.05, 0) is 12.2 Å². The number of nitrogens with zero attached hydrogens (tertiary/aromatic N) is 1. The van der Waals surface area contributed by atoms with Crippen molar-refractivity contribution in [3.8, 4) is 0 Å². The molecule has 0 aromatic rings. The van der Waals surface area contributed by atoms with Gasteiger partial charge in [-0.15, -0.1) is 0 Å². The monoisotopic (exact) mass is 126 g/mol. The van der Waals surface area contributed by atoms with Gasteiger partial charge in [0, 0.05) is 6.54 Å². The van der Waals surface area contributed by atoms with E-state index < -0.39 is 0 Å². The summed E-state index contributed by atoms with van der Waals surface area (Å²) in [6.07, 6.45) is 1.08. The summed E-state index contributed by atoms with van der Waals surface area (Å²) < 4.78 is 0. The molecule has 2 nitrogen and oxygen atoms in total. The number of hydroxylamine groups is 1. The van der Waals surface area contributed by atoms with E-state index >= 15 is 0 Å². The highest BCUT2D eigenvalue weighted by atomic mass is 16.7. The van der Waals surface area contributed by atoms with E-state index in [1.54, 1.807) is 0 Å². The first kappa shape index (κ1) is 7.10. The van der Waals surface area contributed by atoms with Crippen LogP contribution in [0.25, 0.3) is 0 Å². The van der Waals surface area contributed by atoms with E-state index in [1.165, 1.54) is 0 Å². The summed E-state index contributed by atoms with van der Waals surface area (Å²) in [6, 6.07) is 0. The fraction of sp³-hybridized carbons (Fsp3) is 1.00. The van der Waals surface area contributed by atoms with Gasteiger partial charge in [-0.1, -0.05) is 13.8 Å². The van der Waals surface area contributed by atoms with Gasteiger partial charge < -0.3 is 4.84 Å². The van der Waals surface area contributed by atoms with E-state index in [-0.39, 0.29) is 0 Å². The largest absolute Gasteiger partial charge is 0.312 e. The topological polar surface area (TPSA) is 12.5 Å². The summed E-state index contributed by atoms with van der Waals surface area (Å²) in [4.78, 5) is 7.18. The maximum atomic E-state index is 5.24. The Hall–Kier alpha value is -0.0151. The van der Waals surface area contributed by atoms with Crippen LogP contribution in [0.2, 0.25) is 6.32 Å². The second kappa shape index (κ2) is 3.23. The summed E-state index contributed by atoms with van der Waals surface area (Å²) in [7, 11) is 2.11. The van der Waals surface area contributed by atoms with Crippen molar-refractivity contribution in [1.82, 2.24) is 4.97 Å². The van der Waals surface area contributed by atoms with Crippen LogP contribution in [0.5, 0.6) is 0 Å². The average Bonchev–Trinajstić information content (AvgIpc) is 2.15. The van der Waals surface area contributed by atoms with Crippen LogP contribution in [0.3, 0.4) is 0 Å². The van der Waals surface area contributed by atoms with Crippen LogP contribution in [-0.4, -0.2) is 25.5 Å². The molecule has 51 valence electrons. The number of hydrogen-bond acceptors (Lipinski definition) is 2. The molecule has 1 heterocycles. The van der Waals surface area contributed by atoms with Crippen molar-refractivity contribution in [2.45, 2.75) is 20.2 Å². The SMILES string of the molecule is CC(C)CN1[B]CCO1. The molecule has 0 aliphatic carbocycles. The van der Waals surface area contributed by atoms with E-state index in [4.69, 9.17) is 4.84 Å². The maximum Gasteiger partial charge on any atom is 0.248 e. The summed E-state index contributed by atoms with van der Waals surface area (Å²) >= 11 is 0. The molecule has 3 heteroatoms. The highest BCUT2D eigenvalue weighted by Gasteiger charge is 2.14. The highest BCUT2D eigenvalue weighted by Crippen LogP contribution is 2.05. The Morgan fingerprint density at radius 3 is 2.89 bits per heavy atom. The van der Waals surface area contributed by atoms with Gasteiger partial charge in [0.2, 0.25) is 7.41 Å². The molecule has 1 aliphatic heterocycles. The lowest BCUT2D eigenvalue weighted by molar-refractivity contribution is -0.0670. The van der Waals surface area contributed by atoms with E-state index in [0.29, 0.717) is 5.92 Å². The van der Waals surface area contributed by atoms with Crippen molar-refractivity contribution in [3.63, 3.8) is 0 Å². The third-order valence-electron chi connectivity index (χ3n) is 1.25. The molecule has 0 saturated carbocycles. The lowest BCUT2D eigenvalue weighted by Crippen LogP contribution is -2.24. The minimum absolute atomic E-state index is 0.694. The zero-order chi connectivity index (χ0) is 6.69. The molecule has 0 aromatic heterocycles. The molecule has 0 aromatic carbocycles. The Balaban J connectivity index is 2.11. The Bertz CT molecular complexity index is 81.1. The molecule has 0 amide bonds. The standard InChI is InChI=1S/C6H13BNO/c1-6(2)5-8-7-3-4-9-8/h6H,3-5H2,1-2H3. The Kier molecular flexibility index (Phi) is 2.55. The van der Waals surface area contributed by atoms with Crippen LogP contribution in [0.1, 0.15) is 13.8 Å². The van der Waals surface area contributed by atoms with E-state index in [2.05, 4.69) is 21.3 Å². The molecule has 0 unspecified atom stereocenters. The van der Waals surface area contributed by atoms with Crippen molar-refractivity contribution in [1.29, 1.82) is 0 Å². The van der Waals surface area contributed by atoms with E-state index in [0.717, 1.165) is 19.5 Å². The van der Waals surface area contributed by atoms with Gasteiger partial charge in [-0.25, -0.2) is 4.97 Å². The van der Waals surface area contributed by atoms with Gasteiger partial charge in [-0.3, -0.25) is 0 Å². The van der Waals surface area contributed by atoms with Gasteiger partial charge >= 0.3 is 0 Å². The summed E-state index contributed by atoms with van der Waals surface area (Å²) in [6.45, 7) is 6.28. The van der Waals surface area contributed by atoms with Crippen molar-refractivity contribution in [2.24, 2.45) is 5.92 Å². The molecule has 9 heavy (non-hydrogen) atoms. The first-order valence-electron chi connectivity index (χ1n) is 3.52. The van der Waals surface area contributed by atoms with Gasteiger partial charge in [-0.2, -0.15) is 0 Å². The van der Waals surface area contributed by atoms with Gasteiger partial charge in [0.05, 0.1) is 6.61 Å². The molecule has 1 saturated heterocycles. The van der Waals surface area contributed by atoms with Gasteiger partial charge in [0.25, 0.3) is 0 Å². The molecule has 1 rings (SSSR count). The van der Waals surface area contributed by atoms with Crippen molar-refractivity contribution >= 4 is 7.41 Å². The first-order valence-corrected chi connectivity index (χ1v) is 3.52. The zero-order valence-electron chi connectivity index (χ0n) is 6.13. The molecular weight excluding hydrogens is 113 g/mol. The third-order valence-corrected chi connectivity index (χ3v) is 1.25. The van der Waals surface area contributed by atoms with E-state index in [9.17, 15) is 0 Å². The van der Waals surface area contributed by atoms with Gasteiger partial charge in [0.15, 0.2) is 0 Å². The van der Waals surface area contributed by atoms with Crippen molar-refractivity contribution in [3.05, 3.63) is 0 Å². The quantitative estimate of drug-likeness (QED) is 0.510. The number of rotatable bonds is 2. The van der Waals surface area contributed by atoms with Crippen LogP contribution in [-0.2, 0) is 4.84 Å².